The van der Waals surface area contributed by atoms with Gasteiger partial charge in [-0.3, -0.25) is 4.72 Å². The maximum absolute atomic E-state index is 12.3. The van der Waals surface area contributed by atoms with Crippen LogP contribution in [0, 0.1) is 18.3 Å². The number of sulfonamides is 1. The smallest absolute Gasteiger partial charge is 0.262 e. The summed E-state index contributed by atoms with van der Waals surface area (Å²) < 4.78 is 27.5. The Kier molecular flexibility index (Phi) is 4.21. The second kappa shape index (κ2) is 5.76. The third kappa shape index (κ3) is 3.35. The van der Waals surface area contributed by atoms with Gasteiger partial charge < -0.3 is 5.11 Å². The van der Waals surface area contributed by atoms with Gasteiger partial charge >= 0.3 is 0 Å². The molecule has 2 aromatic rings. The van der Waals surface area contributed by atoms with Crippen molar-refractivity contribution in [2.75, 3.05) is 4.72 Å². The molecule has 2 N–H and O–H groups in total. The predicted molar refractivity (Wildman–Crippen MR) is 82.5 cm³/mol. The van der Waals surface area contributed by atoms with E-state index in [1.54, 1.807) is 13.0 Å². The summed E-state index contributed by atoms with van der Waals surface area (Å²) >= 11 is 3.21. The van der Waals surface area contributed by atoms with Crippen molar-refractivity contribution in [1.29, 1.82) is 5.26 Å². The van der Waals surface area contributed by atoms with Crippen molar-refractivity contribution in [2.45, 2.75) is 11.8 Å². The summed E-state index contributed by atoms with van der Waals surface area (Å²) in [7, 11) is -3.84. The normalized spacial score (nSPS) is 10.9. The Morgan fingerprint density at radius 1 is 1.24 bits per heavy atom. The molecule has 108 valence electrons. The van der Waals surface area contributed by atoms with Crippen molar-refractivity contribution >= 4 is 31.6 Å². The van der Waals surface area contributed by atoms with Crippen LogP contribution < -0.4 is 4.72 Å². The Hall–Kier alpha value is -2.04. The zero-order valence-corrected chi connectivity index (χ0v) is 13.4. The van der Waals surface area contributed by atoms with Crippen LogP contribution in [0.25, 0.3) is 0 Å². The molecule has 0 saturated heterocycles. The zero-order chi connectivity index (χ0) is 15.6. The molecule has 2 aromatic carbocycles. The topological polar surface area (TPSA) is 90.2 Å². The lowest BCUT2D eigenvalue weighted by molar-refractivity contribution is 0.477. The van der Waals surface area contributed by atoms with Gasteiger partial charge in [0.1, 0.15) is 5.75 Å². The Labute approximate surface area is 131 Å². The first-order valence-corrected chi connectivity index (χ1v) is 8.13. The van der Waals surface area contributed by atoms with Gasteiger partial charge in [0.2, 0.25) is 0 Å². The second-order valence-electron chi connectivity index (χ2n) is 4.36. The maximum Gasteiger partial charge on any atom is 0.262 e. The number of nitrogens with one attached hydrogen (secondary N) is 1. The van der Waals surface area contributed by atoms with Crippen LogP contribution in [-0.2, 0) is 10.0 Å². The first-order chi connectivity index (χ1) is 9.83. The van der Waals surface area contributed by atoms with E-state index in [-0.39, 0.29) is 16.3 Å². The first-order valence-electron chi connectivity index (χ1n) is 5.85. The SMILES string of the molecule is Cc1cc(S(=O)(=O)Nc2cc(Br)ccc2O)ccc1C#N. The standard InChI is InChI=1S/C14H11BrN2O3S/c1-9-6-12(4-2-10(9)8-16)21(19,20)17-13-7-11(15)3-5-14(13)18/h2-7,17-18H,1H3. The lowest BCUT2D eigenvalue weighted by Gasteiger charge is -2.11. The van der Waals surface area contributed by atoms with Gasteiger partial charge in [-0.05, 0) is 48.9 Å². The van der Waals surface area contributed by atoms with Crippen molar-refractivity contribution in [3.05, 3.63) is 52.0 Å². The van der Waals surface area contributed by atoms with Crippen molar-refractivity contribution in [1.82, 2.24) is 0 Å². The quantitative estimate of drug-likeness (QED) is 0.816. The van der Waals surface area contributed by atoms with E-state index in [2.05, 4.69) is 20.7 Å². The van der Waals surface area contributed by atoms with Crippen LogP contribution in [0.3, 0.4) is 0 Å². The first kappa shape index (κ1) is 15.4. The lowest BCUT2D eigenvalue weighted by Crippen LogP contribution is -2.13. The molecule has 0 amide bonds. The summed E-state index contributed by atoms with van der Waals surface area (Å²) in [6.07, 6.45) is 0. The fourth-order valence-electron chi connectivity index (χ4n) is 1.72. The van der Waals surface area contributed by atoms with Crippen LogP contribution in [0.2, 0.25) is 0 Å². The molecule has 5 nitrogen and oxygen atoms in total. The van der Waals surface area contributed by atoms with Gasteiger partial charge in [-0.2, -0.15) is 5.26 Å². The molecule has 0 saturated carbocycles. The van der Waals surface area contributed by atoms with Crippen LogP contribution >= 0.6 is 15.9 Å². The fourth-order valence-corrected chi connectivity index (χ4v) is 3.23. The van der Waals surface area contributed by atoms with Crippen molar-refractivity contribution in [2.24, 2.45) is 0 Å². The molecule has 0 heterocycles. The Balaban J connectivity index is 2.41. The largest absolute Gasteiger partial charge is 0.506 e. The van der Waals surface area contributed by atoms with Gasteiger partial charge in [0.05, 0.1) is 22.2 Å². The van der Waals surface area contributed by atoms with Crippen molar-refractivity contribution < 1.29 is 13.5 Å². The van der Waals surface area contributed by atoms with E-state index in [0.717, 1.165) is 0 Å². The van der Waals surface area contributed by atoms with Gasteiger partial charge in [-0.15, -0.1) is 0 Å². The van der Waals surface area contributed by atoms with E-state index in [1.807, 2.05) is 6.07 Å². The van der Waals surface area contributed by atoms with Gasteiger partial charge in [0.25, 0.3) is 10.0 Å². The molecular weight excluding hydrogens is 356 g/mol. The van der Waals surface area contributed by atoms with Crippen LogP contribution in [0.1, 0.15) is 11.1 Å². The van der Waals surface area contributed by atoms with E-state index in [9.17, 15) is 13.5 Å². The van der Waals surface area contributed by atoms with Crippen LogP contribution in [0.4, 0.5) is 5.69 Å². The number of phenols is 1. The van der Waals surface area contributed by atoms with Crippen molar-refractivity contribution in [3.8, 4) is 11.8 Å². The number of hydrogen-bond acceptors (Lipinski definition) is 4. The minimum Gasteiger partial charge on any atom is -0.506 e. The second-order valence-corrected chi connectivity index (χ2v) is 6.95. The summed E-state index contributed by atoms with van der Waals surface area (Å²) in [4.78, 5) is 0.0263. The number of aromatic hydroxyl groups is 1. The molecule has 7 heteroatoms. The van der Waals surface area contributed by atoms with E-state index < -0.39 is 10.0 Å². The molecular formula is C14H11BrN2O3S. The molecule has 0 atom stereocenters. The highest BCUT2D eigenvalue weighted by Gasteiger charge is 2.17. The molecule has 0 fully saturated rings. The highest BCUT2D eigenvalue weighted by molar-refractivity contribution is 9.10. The molecule has 0 aromatic heterocycles. The van der Waals surface area contributed by atoms with Crippen molar-refractivity contribution in [3.63, 3.8) is 0 Å². The number of rotatable bonds is 3. The summed E-state index contributed by atoms with van der Waals surface area (Å²) in [6, 6.07) is 10.6. The number of nitriles is 1. The number of aryl methyl sites for hydroxylation is 1. The third-order valence-corrected chi connectivity index (χ3v) is 4.69. The molecule has 0 bridgehead atoms. The molecule has 2 rings (SSSR count). The maximum atomic E-state index is 12.3. The summed E-state index contributed by atoms with van der Waals surface area (Å²) in [5, 5.41) is 18.6. The number of phenolic OH excluding ortho intramolecular Hbond substituents is 1. The molecule has 0 aliphatic rings. The van der Waals surface area contributed by atoms with Gasteiger partial charge in [-0.25, -0.2) is 8.42 Å². The molecule has 0 spiro atoms. The molecule has 0 unspecified atom stereocenters. The Morgan fingerprint density at radius 3 is 2.57 bits per heavy atom. The summed E-state index contributed by atoms with van der Waals surface area (Å²) in [6.45, 7) is 1.66. The minimum absolute atomic E-state index is 0.0263. The molecule has 0 aliphatic heterocycles. The zero-order valence-electron chi connectivity index (χ0n) is 11.0. The van der Waals surface area contributed by atoms with Gasteiger partial charge in [-0.1, -0.05) is 15.9 Å². The van der Waals surface area contributed by atoms with Crippen LogP contribution in [0.5, 0.6) is 5.75 Å². The number of halogens is 1. The third-order valence-electron chi connectivity index (χ3n) is 2.83. The van der Waals surface area contributed by atoms with Crippen LogP contribution in [0.15, 0.2) is 45.8 Å². The fraction of sp³-hybridized carbons (Fsp3) is 0.0714. The van der Waals surface area contributed by atoms with E-state index >= 15 is 0 Å². The van der Waals surface area contributed by atoms with E-state index in [0.29, 0.717) is 15.6 Å². The number of benzene rings is 2. The monoisotopic (exact) mass is 366 g/mol. The summed E-state index contributed by atoms with van der Waals surface area (Å²) in [5.41, 5.74) is 1.06. The van der Waals surface area contributed by atoms with Crippen LogP contribution in [-0.4, -0.2) is 13.5 Å². The highest BCUT2D eigenvalue weighted by Crippen LogP contribution is 2.29. The average molecular weight is 367 g/mol. The van der Waals surface area contributed by atoms with Gasteiger partial charge in [0.15, 0.2) is 0 Å². The average Bonchev–Trinajstić information content (AvgIpc) is 2.42. The Bertz CT molecular complexity index is 842. The molecule has 0 aliphatic carbocycles. The minimum atomic E-state index is -3.84. The number of nitrogens with zero attached hydrogens (tertiary/aromatic N) is 1. The summed E-state index contributed by atoms with van der Waals surface area (Å²) in [5.74, 6) is -0.174. The molecule has 0 radical (unpaired) electrons. The highest BCUT2D eigenvalue weighted by atomic mass is 79.9. The lowest BCUT2D eigenvalue weighted by atomic mass is 10.1. The number of anilines is 1. The van der Waals surface area contributed by atoms with Gasteiger partial charge in [0, 0.05) is 4.47 Å². The van der Waals surface area contributed by atoms with E-state index in [1.165, 1.54) is 30.3 Å². The number of hydrogen-bond donors (Lipinski definition) is 2. The Morgan fingerprint density at radius 2 is 1.95 bits per heavy atom. The van der Waals surface area contributed by atoms with E-state index in [4.69, 9.17) is 5.26 Å². The predicted octanol–water partition coefficient (Wildman–Crippen LogP) is 3.14. The molecule has 21 heavy (non-hydrogen) atoms.